The first kappa shape index (κ1) is 42.6. The molecular formula is C42H66O14. The molecule has 7 rings (SSSR count). The minimum atomic E-state index is -1.78. The molecule has 7 aliphatic rings. The van der Waals surface area contributed by atoms with Crippen LogP contribution in [0.15, 0.2) is 11.6 Å². The molecule has 0 aromatic carbocycles. The fraction of sp³-hybridized carbons (Fsp3) is 0.905. The van der Waals surface area contributed by atoms with Gasteiger partial charge in [-0.05, 0) is 110 Å². The molecule has 0 bridgehead atoms. The largest absolute Gasteiger partial charge is 0.481 e. The van der Waals surface area contributed by atoms with Gasteiger partial charge in [0.25, 0.3) is 0 Å². The van der Waals surface area contributed by atoms with Crippen molar-refractivity contribution in [3.05, 3.63) is 11.6 Å². The summed E-state index contributed by atoms with van der Waals surface area (Å²) in [7, 11) is 0. The summed E-state index contributed by atoms with van der Waals surface area (Å²) < 4.78 is 24.3. The normalized spacial score (nSPS) is 54.2. The van der Waals surface area contributed by atoms with Crippen molar-refractivity contribution in [2.75, 3.05) is 13.2 Å². The Morgan fingerprint density at radius 3 is 1.98 bits per heavy atom. The number of rotatable bonds is 7. The van der Waals surface area contributed by atoms with Gasteiger partial charge in [-0.25, -0.2) is 0 Å². The lowest BCUT2D eigenvalue weighted by molar-refractivity contribution is -0.378. The van der Waals surface area contributed by atoms with Gasteiger partial charge >= 0.3 is 5.97 Å². The molecule has 318 valence electrons. The molecule has 14 nitrogen and oxygen atoms in total. The van der Waals surface area contributed by atoms with Gasteiger partial charge in [0.1, 0.15) is 48.8 Å². The minimum absolute atomic E-state index is 0.0192. The summed E-state index contributed by atoms with van der Waals surface area (Å²) in [6.07, 6.45) is -7.28. The smallest absolute Gasteiger partial charge is 0.309 e. The van der Waals surface area contributed by atoms with Crippen LogP contribution in [0.3, 0.4) is 0 Å². The van der Waals surface area contributed by atoms with Gasteiger partial charge < -0.3 is 59.8 Å². The average Bonchev–Trinajstić information content (AvgIpc) is 3.13. The standard InChI is InChI=1S/C42H66O14/c1-37(2)25-8-11-42(7)33(22(45)16-20-21-17-39(4,36(51)52)13-12-38(21,3)14-15-41(20,42)6)40(25,5)10-9-26(37)55-35-32(30(49)28(47)24(19-44)54-35)56-34-31(50)29(48)27(46)23(18-43)53-34/h16,21,23-35,43-44,46-50H,8-15,17-19H2,1-7H3,(H,51,52)/t21-,23+,24+,25-,26-,27+,28+,29-,30-,31+,32+,33+,34-,35-,38+,39-,40-,41+,42+/m0/s1. The van der Waals surface area contributed by atoms with Crippen molar-refractivity contribution < 1.29 is 69.4 Å². The molecule has 56 heavy (non-hydrogen) atoms. The molecule has 2 aliphatic heterocycles. The molecule has 0 aromatic heterocycles. The third-order valence-electron chi connectivity index (χ3n) is 17.3. The second kappa shape index (κ2) is 14.3. The zero-order valence-corrected chi connectivity index (χ0v) is 34.0. The van der Waals surface area contributed by atoms with Gasteiger partial charge in [-0.1, -0.05) is 47.1 Å². The fourth-order valence-corrected chi connectivity index (χ4v) is 13.4. The number of aliphatic hydroxyl groups is 7. The molecule has 0 unspecified atom stereocenters. The van der Waals surface area contributed by atoms with Crippen LogP contribution in [-0.2, 0) is 28.5 Å². The highest BCUT2D eigenvalue weighted by Gasteiger charge is 2.70. The van der Waals surface area contributed by atoms with Gasteiger partial charge in [-0.15, -0.1) is 0 Å². The highest BCUT2D eigenvalue weighted by Crippen LogP contribution is 2.75. The molecule has 14 heteroatoms. The number of carboxylic acid groups (broad SMARTS) is 1. The van der Waals surface area contributed by atoms with E-state index in [-0.39, 0.29) is 39.8 Å². The summed E-state index contributed by atoms with van der Waals surface area (Å²) >= 11 is 0. The summed E-state index contributed by atoms with van der Waals surface area (Å²) in [5, 5.41) is 83.6. The van der Waals surface area contributed by atoms with E-state index in [1.807, 2.05) is 13.0 Å². The fourth-order valence-electron chi connectivity index (χ4n) is 13.4. The summed E-state index contributed by atoms with van der Waals surface area (Å²) in [6, 6.07) is 0. The summed E-state index contributed by atoms with van der Waals surface area (Å²) in [4.78, 5) is 27.3. The van der Waals surface area contributed by atoms with Crippen LogP contribution >= 0.6 is 0 Å². The number of hydrogen-bond donors (Lipinski definition) is 8. The van der Waals surface area contributed by atoms with Gasteiger partial charge in [-0.2, -0.15) is 0 Å². The van der Waals surface area contributed by atoms with Crippen LogP contribution in [0.5, 0.6) is 0 Å². The van der Waals surface area contributed by atoms with E-state index in [0.717, 1.165) is 37.7 Å². The maximum Gasteiger partial charge on any atom is 0.309 e. The van der Waals surface area contributed by atoms with Crippen molar-refractivity contribution in [1.29, 1.82) is 0 Å². The van der Waals surface area contributed by atoms with E-state index in [4.69, 9.17) is 18.9 Å². The van der Waals surface area contributed by atoms with Crippen molar-refractivity contribution >= 4 is 11.8 Å². The number of ether oxygens (including phenoxy) is 4. The molecule has 6 fully saturated rings. The third kappa shape index (κ3) is 6.13. The Labute approximate surface area is 329 Å². The minimum Gasteiger partial charge on any atom is -0.481 e. The van der Waals surface area contributed by atoms with Gasteiger partial charge in [0, 0.05) is 5.92 Å². The number of carbonyl (C=O) groups excluding carboxylic acids is 1. The molecule has 0 radical (unpaired) electrons. The zero-order chi connectivity index (χ0) is 41.1. The SMILES string of the molecule is CC1(C)[C@@H](O[C@@H]2O[C@H](CO)[C@@H](O)[C@H](O)[C@H]2O[C@@H]2O[C@H](CO)[C@@H](O)[C@H](O)[C@H]2O)CC[C@]2(C)[C@H]3C(=O)C=C4[C@@H]5C[C@@](C)(C(=O)O)CC[C@]5(C)CC[C@@]4(C)[C@]3(C)CC[C@@H]12. The second-order valence-corrected chi connectivity index (χ2v) is 20.5. The van der Waals surface area contributed by atoms with Gasteiger partial charge in [0.2, 0.25) is 0 Å². The van der Waals surface area contributed by atoms with Crippen molar-refractivity contribution in [2.24, 2.45) is 50.2 Å². The Kier molecular flexibility index (Phi) is 10.9. The Hall–Kier alpha value is -1.56. The predicted molar refractivity (Wildman–Crippen MR) is 198 cm³/mol. The van der Waals surface area contributed by atoms with Gasteiger partial charge in [0.15, 0.2) is 18.4 Å². The van der Waals surface area contributed by atoms with Crippen LogP contribution in [-0.4, -0.2) is 133 Å². The van der Waals surface area contributed by atoms with Crippen molar-refractivity contribution in [1.82, 2.24) is 0 Å². The number of aliphatic hydroxyl groups excluding tert-OH is 7. The highest BCUT2D eigenvalue weighted by atomic mass is 16.8. The lowest BCUT2D eigenvalue weighted by Gasteiger charge is -2.70. The first-order valence-electron chi connectivity index (χ1n) is 20.8. The maximum absolute atomic E-state index is 14.8. The van der Waals surface area contributed by atoms with Crippen LogP contribution in [0.4, 0.5) is 0 Å². The van der Waals surface area contributed by atoms with Crippen molar-refractivity contribution in [3.63, 3.8) is 0 Å². The van der Waals surface area contributed by atoms with E-state index in [1.165, 1.54) is 0 Å². The van der Waals surface area contributed by atoms with E-state index < -0.39 is 103 Å². The van der Waals surface area contributed by atoms with Crippen LogP contribution < -0.4 is 0 Å². The van der Waals surface area contributed by atoms with Crippen LogP contribution in [0.1, 0.15) is 106 Å². The molecule has 19 atom stereocenters. The predicted octanol–water partition coefficient (Wildman–Crippen LogP) is 2.06. The average molecular weight is 795 g/mol. The molecule has 0 aromatic rings. The van der Waals surface area contributed by atoms with E-state index in [0.29, 0.717) is 25.7 Å². The number of hydrogen-bond acceptors (Lipinski definition) is 13. The van der Waals surface area contributed by atoms with E-state index in [1.54, 1.807) is 0 Å². The van der Waals surface area contributed by atoms with Crippen LogP contribution in [0.2, 0.25) is 0 Å². The van der Waals surface area contributed by atoms with Gasteiger partial charge in [0.05, 0.1) is 24.7 Å². The number of carboxylic acids is 1. The first-order valence-corrected chi connectivity index (χ1v) is 20.8. The molecule has 2 saturated heterocycles. The van der Waals surface area contributed by atoms with Crippen LogP contribution in [0.25, 0.3) is 0 Å². The molecule has 4 saturated carbocycles. The highest BCUT2D eigenvalue weighted by molar-refractivity contribution is 5.95. The summed E-state index contributed by atoms with van der Waals surface area (Å²) in [5.41, 5.74) is -1.32. The first-order chi connectivity index (χ1) is 26.0. The van der Waals surface area contributed by atoms with Gasteiger partial charge in [-0.3, -0.25) is 9.59 Å². The second-order valence-electron chi connectivity index (χ2n) is 20.5. The third-order valence-corrected chi connectivity index (χ3v) is 17.3. The monoisotopic (exact) mass is 794 g/mol. The molecule has 0 spiro atoms. The lowest BCUT2D eigenvalue weighted by atomic mass is 9.33. The Bertz CT molecular complexity index is 1570. The van der Waals surface area contributed by atoms with Crippen LogP contribution in [0, 0.1) is 50.2 Å². The molecule has 0 amide bonds. The number of carbonyl (C=O) groups is 2. The maximum atomic E-state index is 14.8. The van der Waals surface area contributed by atoms with E-state index in [2.05, 4.69) is 41.5 Å². The number of allylic oxidation sites excluding steroid dienone is 2. The topological polar surface area (TPSA) is 233 Å². The molecule has 8 N–H and O–H groups in total. The number of ketones is 1. The summed E-state index contributed by atoms with van der Waals surface area (Å²) in [6.45, 7) is 13.9. The Morgan fingerprint density at radius 1 is 0.750 bits per heavy atom. The van der Waals surface area contributed by atoms with E-state index in [9.17, 15) is 50.4 Å². The zero-order valence-electron chi connectivity index (χ0n) is 34.0. The lowest BCUT2D eigenvalue weighted by Crippen LogP contribution is -2.68. The molecule has 5 aliphatic carbocycles. The Balaban J connectivity index is 1.16. The molecular weight excluding hydrogens is 728 g/mol. The molecule has 2 heterocycles. The quantitative estimate of drug-likeness (QED) is 0.173. The van der Waals surface area contributed by atoms with Crippen molar-refractivity contribution in [3.8, 4) is 0 Å². The number of fused-ring (bicyclic) bond motifs is 7. The van der Waals surface area contributed by atoms with Crippen molar-refractivity contribution in [2.45, 2.75) is 174 Å². The number of aliphatic carboxylic acids is 1. The Morgan fingerprint density at radius 2 is 1.36 bits per heavy atom. The van der Waals surface area contributed by atoms with E-state index >= 15 is 0 Å². The summed E-state index contributed by atoms with van der Waals surface area (Å²) in [5.74, 6) is -0.873.